The topological polar surface area (TPSA) is 37.4 Å². The number of aryl methyl sites for hydroxylation is 2. The zero-order chi connectivity index (χ0) is 26.9. The summed E-state index contributed by atoms with van der Waals surface area (Å²) in [7, 11) is 0. The van der Waals surface area contributed by atoms with Crippen molar-refractivity contribution in [3.63, 3.8) is 0 Å². The molecule has 0 spiro atoms. The molecule has 0 atom stereocenters. The lowest BCUT2D eigenvalue weighted by Crippen LogP contribution is -2.30. The van der Waals surface area contributed by atoms with Gasteiger partial charge in [0.25, 0.3) is 0 Å². The number of allylic oxidation sites excluding steroid dienone is 1. The van der Waals surface area contributed by atoms with Crippen LogP contribution in [0.5, 0.6) is 0 Å². The summed E-state index contributed by atoms with van der Waals surface area (Å²) >= 11 is 12.2. The van der Waals surface area contributed by atoms with Crippen LogP contribution in [0.15, 0.2) is 78.4 Å². The zero-order valence-electron chi connectivity index (χ0n) is 21.5. The van der Waals surface area contributed by atoms with E-state index in [4.69, 9.17) is 23.2 Å². The summed E-state index contributed by atoms with van der Waals surface area (Å²) in [5.74, 6) is -0.656. The van der Waals surface area contributed by atoms with Crippen molar-refractivity contribution < 1.29 is 9.59 Å². The van der Waals surface area contributed by atoms with Crippen LogP contribution in [-0.4, -0.2) is 11.6 Å². The largest absolute Gasteiger partial charge is 0.310 e. The maximum absolute atomic E-state index is 13.1. The molecule has 0 aromatic heterocycles. The van der Waals surface area contributed by atoms with Crippen LogP contribution in [0.2, 0.25) is 10.0 Å². The quantitative estimate of drug-likeness (QED) is 0.189. The first kappa shape index (κ1) is 24.7. The molecule has 0 radical (unpaired) electrons. The van der Waals surface area contributed by atoms with Crippen molar-refractivity contribution in [1.29, 1.82) is 0 Å². The van der Waals surface area contributed by atoms with E-state index in [-0.39, 0.29) is 32.6 Å². The monoisotopic (exact) mass is 537 g/mol. The van der Waals surface area contributed by atoms with Gasteiger partial charge in [-0.2, -0.15) is 0 Å². The molecule has 0 saturated heterocycles. The number of halogens is 2. The highest BCUT2D eigenvalue weighted by Gasteiger charge is 2.37. The van der Waals surface area contributed by atoms with Crippen LogP contribution in [0.4, 0.5) is 17.1 Å². The van der Waals surface area contributed by atoms with E-state index in [1.807, 2.05) is 13.0 Å². The Kier molecular flexibility index (Phi) is 5.64. The first-order chi connectivity index (χ1) is 18.1. The number of benzene rings is 4. The second kappa shape index (κ2) is 8.69. The van der Waals surface area contributed by atoms with E-state index in [0.29, 0.717) is 11.1 Å². The standard InChI is InChI=1S/C33H25Cl2NO2/c1-18-14-30(36-28-11-7-5-9-24(28)33(3,4)25-10-6-8-12-29(25)36)19(2)13-20(18)15-23-31(37)21-16-26(34)27(35)17-22(21)32(23)38/h5-17H,1-4H3. The Bertz CT molecular complexity index is 1640. The molecule has 38 heavy (non-hydrogen) atoms. The molecule has 1 aliphatic heterocycles. The Hall–Kier alpha value is -3.66. The SMILES string of the molecule is Cc1cc(N2c3ccccc3C(C)(C)c3ccccc32)c(C)cc1C=C1C(=O)c2cc(Cl)c(Cl)cc2C1=O. The van der Waals surface area contributed by atoms with Gasteiger partial charge in [-0.05, 0) is 84.1 Å². The van der Waals surface area contributed by atoms with E-state index in [1.165, 1.54) is 23.3 Å². The fourth-order valence-electron chi connectivity index (χ4n) is 5.75. The molecule has 4 aromatic rings. The van der Waals surface area contributed by atoms with Crippen LogP contribution < -0.4 is 4.90 Å². The van der Waals surface area contributed by atoms with Gasteiger partial charge in [0.15, 0.2) is 11.6 Å². The molecular weight excluding hydrogens is 513 g/mol. The van der Waals surface area contributed by atoms with Gasteiger partial charge < -0.3 is 4.90 Å². The zero-order valence-corrected chi connectivity index (χ0v) is 23.0. The molecule has 0 bridgehead atoms. The molecule has 2 aliphatic rings. The van der Waals surface area contributed by atoms with Crippen LogP contribution in [0.1, 0.15) is 62.4 Å². The highest BCUT2D eigenvalue weighted by molar-refractivity contribution is 6.46. The van der Waals surface area contributed by atoms with Gasteiger partial charge in [0.2, 0.25) is 0 Å². The Balaban J connectivity index is 1.48. The van der Waals surface area contributed by atoms with Crippen LogP contribution in [0.25, 0.3) is 6.08 Å². The molecule has 4 aromatic carbocycles. The molecule has 0 amide bonds. The molecule has 0 fully saturated rings. The Morgan fingerprint density at radius 1 is 0.684 bits per heavy atom. The number of hydrogen-bond acceptors (Lipinski definition) is 3. The van der Waals surface area contributed by atoms with Gasteiger partial charge in [-0.25, -0.2) is 0 Å². The van der Waals surface area contributed by atoms with Crippen molar-refractivity contribution in [3.05, 3.63) is 127 Å². The molecule has 5 heteroatoms. The lowest BCUT2D eigenvalue weighted by atomic mass is 9.73. The minimum absolute atomic E-state index is 0.129. The van der Waals surface area contributed by atoms with Crippen molar-refractivity contribution in [1.82, 2.24) is 0 Å². The number of para-hydroxylation sites is 2. The van der Waals surface area contributed by atoms with Crippen LogP contribution in [-0.2, 0) is 5.41 Å². The molecule has 0 N–H and O–H groups in total. The number of carbonyl (C=O) groups excluding carboxylic acids is 2. The van der Waals surface area contributed by atoms with Crippen LogP contribution >= 0.6 is 23.2 Å². The minimum Gasteiger partial charge on any atom is -0.310 e. The number of hydrogen-bond donors (Lipinski definition) is 0. The molecule has 1 aliphatic carbocycles. The predicted octanol–water partition coefficient (Wildman–Crippen LogP) is 9.18. The predicted molar refractivity (Wildman–Crippen MR) is 156 cm³/mol. The van der Waals surface area contributed by atoms with Crippen LogP contribution in [0, 0.1) is 13.8 Å². The van der Waals surface area contributed by atoms with E-state index < -0.39 is 0 Å². The first-order valence-corrected chi connectivity index (χ1v) is 13.3. The summed E-state index contributed by atoms with van der Waals surface area (Å²) in [5, 5.41) is 0.518. The number of anilines is 3. The van der Waals surface area contributed by atoms with Gasteiger partial charge in [-0.3, -0.25) is 9.59 Å². The minimum atomic E-state index is -0.328. The number of nitrogens with zero attached hydrogens (tertiary/aromatic N) is 1. The van der Waals surface area contributed by atoms with Crippen LogP contribution in [0.3, 0.4) is 0 Å². The lowest BCUT2D eigenvalue weighted by molar-refractivity contribution is 0.0990. The molecule has 188 valence electrons. The molecule has 0 saturated carbocycles. The van der Waals surface area contributed by atoms with E-state index >= 15 is 0 Å². The van der Waals surface area contributed by atoms with E-state index in [0.717, 1.165) is 33.8 Å². The Morgan fingerprint density at radius 2 is 1.18 bits per heavy atom. The fraction of sp³-hybridized carbons (Fsp3) is 0.152. The number of ketones is 2. The van der Waals surface area contributed by atoms with Gasteiger partial charge in [0.1, 0.15) is 0 Å². The van der Waals surface area contributed by atoms with Gasteiger partial charge in [0, 0.05) is 22.2 Å². The van der Waals surface area contributed by atoms with Crippen molar-refractivity contribution in [2.75, 3.05) is 4.90 Å². The second-order valence-electron chi connectivity index (χ2n) is 10.5. The van der Waals surface area contributed by atoms with Gasteiger partial charge >= 0.3 is 0 Å². The van der Waals surface area contributed by atoms with Gasteiger partial charge in [-0.1, -0.05) is 73.4 Å². The summed E-state index contributed by atoms with van der Waals surface area (Å²) in [6.45, 7) is 8.60. The molecule has 0 unspecified atom stereocenters. The third-order valence-corrected chi connectivity index (χ3v) is 8.52. The summed E-state index contributed by atoms with van der Waals surface area (Å²) in [6, 6.07) is 24.2. The third kappa shape index (κ3) is 3.57. The first-order valence-electron chi connectivity index (χ1n) is 12.5. The summed E-state index contributed by atoms with van der Waals surface area (Å²) in [5.41, 5.74) is 9.29. The molecule has 6 rings (SSSR count). The Labute approximate surface area is 232 Å². The van der Waals surface area contributed by atoms with Crippen molar-refractivity contribution in [2.45, 2.75) is 33.1 Å². The van der Waals surface area contributed by atoms with Crippen molar-refractivity contribution in [3.8, 4) is 0 Å². The number of rotatable bonds is 2. The second-order valence-corrected chi connectivity index (χ2v) is 11.3. The van der Waals surface area contributed by atoms with E-state index in [1.54, 1.807) is 6.08 Å². The normalized spacial score (nSPS) is 15.3. The third-order valence-electron chi connectivity index (χ3n) is 7.80. The maximum atomic E-state index is 13.1. The van der Waals surface area contributed by atoms with Gasteiger partial charge in [0.05, 0.1) is 27.0 Å². The average Bonchev–Trinajstić information content (AvgIpc) is 3.11. The van der Waals surface area contributed by atoms with E-state index in [9.17, 15) is 9.59 Å². The smallest absolute Gasteiger partial charge is 0.197 e. The summed E-state index contributed by atoms with van der Waals surface area (Å²) < 4.78 is 0. The Morgan fingerprint density at radius 3 is 1.71 bits per heavy atom. The number of Topliss-reactive ketones (excluding diaryl/α,β-unsaturated/α-hetero) is 2. The number of carbonyl (C=O) groups is 2. The average molecular weight is 538 g/mol. The summed E-state index contributed by atoms with van der Waals surface area (Å²) in [6.07, 6.45) is 1.69. The highest BCUT2D eigenvalue weighted by atomic mass is 35.5. The molecule has 3 nitrogen and oxygen atoms in total. The highest BCUT2D eigenvalue weighted by Crippen LogP contribution is 2.52. The molecule has 1 heterocycles. The fourth-order valence-corrected chi connectivity index (χ4v) is 6.08. The van der Waals surface area contributed by atoms with E-state index in [2.05, 4.69) is 80.3 Å². The van der Waals surface area contributed by atoms with Crippen molar-refractivity contribution in [2.24, 2.45) is 0 Å². The summed E-state index contributed by atoms with van der Waals surface area (Å²) in [4.78, 5) is 28.6. The number of fused-ring (bicyclic) bond motifs is 3. The maximum Gasteiger partial charge on any atom is 0.197 e. The molecular formula is C33H25Cl2NO2. The van der Waals surface area contributed by atoms with Gasteiger partial charge in [-0.15, -0.1) is 0 Å². The van der Waals surface area contributed by atoms with Crippen molar-refractivity contribution >= 4 is 57.9 Å². The lowest BCUT2D eigenvalue weighted by Gasteiger charge is -2.42.